The molecule has 0 unspecified atom stereocenters. The van der Waals surface area contributed by atoms with Crippen LogP contribution < -0.4 is 0 Å². The quantitative estimate of drug-likeness (QED) is 0.757. The first-order chi connectivity index (χ1) is 9.38. The van der Waals surface area contributed by atoms with Crippen LogP contribution in [0.3, 0.4) is 0 Å². The van der Waals surface area contributed by atoms with Crippen LogP contribution in [0.5, 0.6) is 0 Å². The van der Waals surface area contributed by atoms with Gasteiger partial charge in [0.1, 0.15) is 5.60 Å². The topological polar surface area (TPSA) is 29.5 Å². The van der Waals surface area contributed by atoms with Gasteiger partial charge in [-0.3, -0.25) is 0 Å². The Morgan fingerprint density at radius 1 is 1.25 bits per heavy atom. The third-order valence-electron chi connectivity index (χ3n) is 3.68. The Morgan fingerprint density at radius 3 is 2.60 bits per heavy atom. The highest BCUT2D eigenvalue weighted by Crippen LogP contribution is 2.33. The van der Waals surface area contributed by atoms with Crippen LogP contribution in [0, 0.1) is 6.92 Å². The molecule has 20 heavy (non-hydrogen) atoms. The van der Waals surface area contributed by atoms with Crippen molar-refractivity contribution in [1.29, 1.82) is 0 Å². The summed E-state index contributed by atoms with van der Waals surface area (Å²) in [6.07, 6.45) is 3.05. The lowest BCUT2D eigenvalue weighted by atomic mass is 9.92. The van der Waals surface area contributed by atoms with E-state index >= 15 is 0 Å². The van der Waals surface area contributed by atoms with E-state index in [1.54, 1.807) is 0 Å². The fourth-order valence-electron chi connectivity index (χ4n) is 2.75. The van der Waals surface area contributed by atoms with E-state index in [1.807, 2.05) is 37.8 Å². The summed E-state index contributed by atoms with van der Waals surface area (Å²) >= 11 is 0. The van der Waals surface area contributed by atoms with Gasteiger partial charge in [-0.25, -0.2) is 4.79 Å². The third kappa shape index (κ3) is 3.53. The van der Waals surface area contributed by atoms with Crippen molar-refractivity contribution in [3.05, 3.63) is 35.4 Å². The van der Waals surface area contributed by atoms with Gasteiger partial charge in [-0.2, -0.15) is 0 Å². The maximum atomic E-state index is 12.4. The van der Waals surface area contributed by atoms with E-state index in [2.05, 4.69) is 19.1 Å². The molecular weight excluding hydrogens is 250 g/mol. The normalized spacial score (nSPS) is 19.8. The van der Waals surface area contributed by atoms with Crippen molar-refractivity contribution in [3.8, 4) is 0 Å². The smallest absolute Gasteiger partial charge is 0.410 e. The summed E-state index contributed by atoms with van der Waals surface area (Å²) in [7, 11) is 0. The lowest BCUT2D eigenvalue weighted by Gasteiger charge is -2.37. The molecule has 0 bridgehead atoms. The van der Waals surface area contributed by atoms with E-state index in [1.165, 1.54) is 11.1 Å². The van der Waals surface area contributed by atoms with Crippen molar-refractivity contribution in [1.82, 2.24) is 4.90 Å². The lowest BCUT2D eigenvalue weighted by molar-refractivity contribution is 0.00946. The molecule has 1 fully saturated rings. The molecule has 1 saturated heterocycles. The lowest BCUT2D eigenvalue weighted by Crippen LogP contribution is -2.42. The molecule has 0 saturated carbocycles. The van der Waals surface area contributed by atoms with Crippen molar-refractivity contribution in [3.63, 3.8) is 0 Å². The number of carbonyl (C=O) groups is 1. The first kappa shape index (κ1) is 14.9. The van der Waals surface area contributed by atoms with Crippen LogP contribution in [0.25, 0.3) is 0 Å². The van der Waals surface area contributed by atoms with Gasteiger partial charge in [-0.15, -0.1) is 0 Å². The van der Waals surface area contributed by atoms with Gasteiger partial charge < -0.3 is 9.64 Å². The highest BCUT2D eigenvalue weighted by Gasteiger charge is 2.31. The second-order valence-corrected chi connectivity index (χ2v) is 6.54. The molecule has 1 aliphatic rings. The van der Waals surface area contributed by atoms with Crippen LogP contribution in [0.15, 0.2) is 24.3 Å². The van der Waals surface area contributed by atoms with Gasteiger partial charge in [0.25, 0.3) is 0 Å². The molecule has 1 atom stereocenters. The van der Waals surface area contributed by atoms with Gasteiger partial charge in [0.15, 0.2) is 0 Å². The van der Waals surface area contributed by atoms with Gasteiger partial charge >= 0.3 is 6.09 Å². The Morgan fingerprint density at radius 2 is 1.95 bits per heavy atom. The monoisotopic (exact) mass is 275 g/mol. The molecule has 0 N–H and O–H groups in total. The molecule has 1 aromatic carbocycles. The largest absolute Gasteiger partial charge is 0.444 e. The van der Waals surface area contributed by atoms with Crippen molar-refractivity contribution in [2.24, 2.45) is 0 Å². The number of likely N-dealkylation sites (tertiary alicyclic amines) is 1. The summed E-state index contributed by atoms with van der Waals surface area (Å²) in [6, 6.07) is 8.48. The van der Waals surface area contributed by atoms with Crippen LogP contribution in [0.4, 0.5) is 4.79 Å². The molecule has 3 heteroatoms. The number of amides is 1. The molecule has 0 spiro atoms. The molecule has 0 aliphatic carbocycles. The molecule has 1 heterocycles. The molecule has 0 aromatic heterocycles. The van der Waals surface area contributed by atoms with Crippen LogP contribution in [-0.2, 0) is 4.74 Å². The van der Waals surface area contributed by atoms with Crippen molar-refractivity contribution in [2.45, 2.75) is 58.6 Å². The van der Waals surface area contributed by atoms with Gasteiger partial charge in [0, 0.05) is 6.54 Å². The maximum Gasteiger partial charge on any atom is 0.410 e. The zero-order valence-corrected chi connectivity index (χ0v) is 13.0. The minimum atomic E-state index is -0.440. The summed E-state index contributed by atoms with van der Waals surface area (Å²) in [5.41, 5.74) is 2.05. The third-order valence-corrected chi connectivity index (χ3v) is 3.68. The van der Waals surface area contributed by atoms with E-state index in [0.717, 1.165) is 25.8 Å². The number of piperidine rings is 1. The standard InChI is InChI=1S/C17H25NO2/c1-13-9-5-6-10-14(13)15-11-7-8-12-18(15)16(19)20-17(2,3)4/h5-6,9-10,15H,7-8,11-12H2,1-4H3/t15-/m1/s1. The fourth-order valence-corrected chi connectivity index (χ4v) is 2.75. The van der Waals surface area contributed by atoms with Crippen LogP contribution in [0.2, 0.25) is 0 Å². The predicted molar refractivity (Wildman–Crippen MR) is 80.7 cm³/mol. The summed E-state index contributed by atoms with van der Waals surface area (Å²) in [6.45, 7) is 8.64. The van der Waals surface area contributed by atoms with Crippen molar-refractivity contribution < 1.29 is 9.53 Å². The molecular formula is C17H25NO2. The number of rotatable bonds is 1. The Balaban J connectivity index is 2.22. The van der Waals surface area contributed by atoms with Gasteiger partial charge in [0.05, 0.1) is 6.04 Å². The summed E-state index contributed by atoms with van der Waals surface area (Å²) in [5, 5.41) is 0. The van der Waals surface area contributed by atoms with Crippen molar-refractivity contribution in [2.75, 3.05) is 6.54 Å². The predicted octanol–water partition coefficient (Wildman–Crippen LogP) is 4.46. The molecule has 1 aromatic rings. The second-order valence-electron chi connectivity index (χ2n) is 6.54. The summed E-state index contributed by atoms with van der Waals surface area (Å²) in [5.74, 6) is 0. The number of carbonyl (C=O) groups excluding carboxylic acids is 1. The fraction of sp³-hybridized carbons (Fsp3) is 0.588. The number of aryl methyl sites for hydroxylation is 1. The minimum Gasteiger partial charge on any atom is -0.444 e. The van der Waals surface area contributed by atoms with Crippen LogP contribution in [0.1, 0.15) is 57.2 Å². The summed E-state index contributed by atoms with van der Waals surface area (Å²) < 4.78 is 5.56. The number of hydrogen-bond donors (Lipinski definition) is 0. The molecule has 2 rings (SSSR count). The van der Waals surface area contributed by atoms with Crippen LogP contribution in [-0.4, -0.2) is 23.1 Å². The Labute approximate surface area is 121 Å². The van der Waals surface area contributed by atoms with E-state index < -0.39 is 5.60 Å². The molecule has 0 radical (unpaired) electrons. The molecule has 3 nitrogen and oxygen atoms in total. The molecule has 1 amide bonds. The number of hydrogen-bond acceptors (Lipinski definition) is 2. The van der Waals surface area contributed by atoms with E-state index in [4.69, 9.17) is 4.74 Å². The Kier molecular flexibility index (Phi) is 4.36. The average Bonchev–Trinajstić information content (AvgIpc) is 2.37. The average molecular weight is 275 g/mol. The van der Waals surface area contributed by atoms with E-state index in [0.29, 0.717) is 0 Å². The minimum absolute atomic E-state index is 0.153. The van der Waals surface area contributed by atoms with Gasteiger partial charge in [-0.1, -0.05) is 24.3 Å². The number of benzene rings is 1. The van der Waals surface area contributed by atoms with Crippen molar-refractivity contribution >= 4 is 6.09 Å². The van der Waals surface area contributed by atoms with Crippen LogP contribution >= 0.6 is 0 Å². The highest BCUT2D eigenvalue weighted by atomic mass is 16.6. The Hall–Kier alpha value is -1.51. The SMILES string of the molecule is Cc1ccccc1[C@H]1CCCCN1C(=O)OC(C)(C)C. The summed E-state index contributed by atoms with van der Waals surface area (Å²) in [4.78, 5) is 14.3. The number of ether oxygens (including phenoxy) is 1. The van der Waals surface area contributed by atoms with Gasteiger partial charge in [0.2, 0.25) is 0 Å². The van der Waals surface area contributed by atoms with E-state index in [9.17, 15) is 4.79 Å². The number of nitrogens with zero attached hydrogens (tertiary/aromatic N) is 1. The molecule has 1 aliphatic heterocycles. The van der Waals surface area contributed by atoms with E-state index in [-0.39, 0.29) is 12.1 Å². The second kappa shape index (κ2) is 5.86. The first-order valence-electron chi connectivity index (χ1n) is 7.43. The molecule has 110 valence electrons. The highest BCUT2D eigenvalue weighted by molar-refractivity contribution is 5.69. The van der Waals surface area contributed by atoms with Gasteiger partial charge in [-0.05, 0) is 58.1 Å². The zero-order valence-electron chi connectivity index (χ0n) is 13.0. The Bertz CT molecular complexity index is 476. The first-order valence-corrected chi connectivity index (χ1v) is 7.43. The maximum absolute atomic E-state index is 12.4. The zero-order chi connectivity index (χ0) is 14.8.